The third-order valence-electron chi connectivity index (χ3n) is 4.19. The van der Waals surface area contributed by atoms with Gasteiger partial charge >= 0.3 is 0 Å². The van der Waals surface area contributed by atoms with Gasteiger partial charge in [-0.3, -0.25) is 9.69 Å². The molecule has 0 unspecified atom stereocenters. The summed E-state index contributed by atoms with van der Waals surface area (Å²) >= 11 is 1.46. The molecule has 0 saturated heterocycles. The molecule has 4 rings (SSSR count). The second-order valence-corrected chi connectivity index (χ2v) is 6.41. The zero-order valence-corrected chi connectivity index (χ0v) is 13.6. The standard InChI is InChI=1S/C16H17N3O3S/c1-23-16-17-12-5-6-19(8-11(12)15(20)18-16)7-10-3-2-4-13-14(10)22-9-21-13/h2-4H,5-9H2,1H3,(H,17,18,20). The van der Waals surface area contributed by atoms with E-state index in [1.165, 1.54) is 11.8 Å². The molecule has 2 aliphatic rings. The van der Waals surface area contributed by atoms with E-state index < -0.39 is 0 Å². The van der Waals surface area contributed by atoms with Crippen LogP contribution < -0.4 is 15.0 Å². The van der Waals surface area contributed by atoms with E-state index in [4.69, 9.17) is 9.47 Å². The van der Waals surface area contributed by atoms with Crippen LogP contribution in [0.3, 0.4) is 0 Å². The van der Waals surface area contributed by atoms with Gasteiger partial charge in [-0.2, -0.15) is 0 Å². The maximum absolute atomic E-state index is 12.2. The molecule has 0 fully saturated rings. The van der Waals surface area contributed by atoms with Crippen molar-refractivity contribution in [2.45, 2.75) is 24.7 Å². The van der Waals surface area contributed by atoms with Crippen LogP contribution in [0.1, 0.15) is 16.8 Å². The Kier molecular flexibility index (Phi) is 3.74. The van der Waals surface area contributed by atoms with Crippen LogP contribution in [0.2, 0.25) is 0 Å². The minimum atomic E-state index is -0.0260. The van der Waals surface area contributed by atoms with Crippen molar-refractivity contribution in [3.63, 3.8) is 0 Å². The summed E-state index contributed by atoms with van der Waals surface area (Å²) in [5.74, 6) is 1.62. The Morgan fingerprint density at radius 2 is 2.30 bits per heavy atom. The van der Waals surface area contributed by atoms with Gasteiger partial charge in [0.2, 0.25) is 6.79 Å². The lowest BCUT2D eigenvalue weighted by Gasteiger charge is -2.27. The lowest BCUT2D eigenvalue weighted by Crippen LogP contribution is -2.35. The molecule has 0 spiro atoms. The van der Waals surface area contributed by atoms with Crippen LogP contribution in [-0.2, 0) is 19.5 Å². The second kappa shape index (κ2) is 5.90. The average Bonchev–Trinajstić information content (AvgIpc) is 3.05. The Labute approximate surface area is 137 Å². The maximum atomic E-state index is 12.2. The van der Waals surface area contributed by atoms with E-state index in [2.05, 4.69) is 14.9 Å². The molecule has 1 aromatic heterocycles. The van der Waals surface area contributed by atoms with Gasteiger partial charge in [0.15, 0.2) is 16.7 Å². The Bertz CT molecular complexity index is 806. The molecule has 0 amide bonds. The molecule has 2 aliphatic heterocycles. The van der Waals surface area contributed by atoms with Crippen LogP contribution in [0.25, 0.3) is 0 Å². The highest BCUT2D eigenvalue weighted by atomic mass is 32.2. The first-order valence-corrected chi connectivity index (χ1v) is 8.73. The second-order valence-electron chi connectivity index (χ2n) is 5.61. The fourth-order valence-corrected chi connectivity index (χ4v) is 3.44. The maximum Gasteiger partial charge on any atom is 0.256 e. The number of rotatable bonds is 3. The number of nitrogens with one attached hydrogen (secondary N) is 1. The lowest BCUT2D eigenvalue weighted by atomic mass is 10.1. The van der Waals surface area contributed by atoms with E-state index in [9.17, 15) is 4.79 Å². The molecule has 0 saturated carbocycles. The SMILES string of the molecule is CSc1nc2c(c(=O)[nH]1)CN(Cc1cccc3c1OCO3)CC2. The summed E-state index contributed by atoms with van der Waals surface area (Å²) in [5, 5.41) is 0.689. The molecule has 7 heteroatoms. The summed E-state index contributed by atoms with van der Waals surface area (Å²) < 4.78 is 11.0. The van der Waals surface area contributed by atoms with Crippen LogP contribution in [0.15, 0.2) is 28.2 Å². The normalized spacial score (nSPS) is 16.4. The van der Waals surface area contributed by atoms with Crippen molar-refractivity contribution in [3.8, 4) is 11.5 Å². The summed E-state index contributed by atoms with van der Waals surface area (Å²) in [6.45, 7) is 2.49. The van der Waals surface area contributed by atoms with Crippen LogP contribution in [0.4, 0.5) is 0 Å². The number of nitrogens with zero attached hydrogens (tertiary/aromatic N) is 2. The molecule has 1 aromatic carbocycles. The van der Waals surface area contributed by atoms with Gasteiger partial charge in [-0.1, -0.05) is 23.9 Å². The quantitative estimate of drug-likeness (QED) is 0.683. The van der Waals surface area contributed by atoms with Gasteiger partial charge in [0.1, 0.15) is 0 Å². The van der Waals surface area contributed by atoms with E-state index in [0.29, 0.717) is 11.7 Å². The topological polar surface area (TPSA) is 67.5 Å². The molecular formula is C16H17N3O3S. The van der Waals surface area contributed by atoms with Gasteiger partial charge in [-0.25, -0.2) is 4.98 Å². The van der Waals surface area contributed by atoms with E-state index >= 15 is 0 Å². The number of fused-ring (bicyclic) bond motifs is 2. The zero-order valence-electron chi connectivity index (χ0n) is 12.8. The first-order chi connectivity index (χ1) is 11.2. The number of H-pyrrole nitrogens is 1. The first kappa shape index (κ1) is 14.6. The molecular weight excluding hydrogens is 314 g/mol. The average molecular weight is 331 g/mol. The molecule has 0 aliphatic carbocycles. The van der Waals surface area contributed by atoms with Crippen molar-refractivity contribution in [2.75, 3.05) is 19.6 Å². The number of benzene rings is 1. The number of aromatic nitrogens is 2. The fourth-order valence-electron chi connectivity index (χ4n) is 3.05. The van der Waals surface area contributed by atoms with Gasteiger partial charge in [0.05, 0.1) is 11.3 Å². The third kappa shape index (κ3) is 2.70. The molecule has 0 radical (unpaired) electrons. The molecule has 120 valence electrons. The minimum absolute atomic E-state index is 0.0260. The molecule has 0 bridgehead atoms. The summed E-state index contributed by atoms with van der Waals surface area (Å²) in [4.78, 5) is 21.9. The summed E-state index contributed by atoms with van der Waals surface area (Å²) in [6.07, 6.45) is 2.71. The largest absolute Gasteiger partial charge is 0.454 e. The predicted octanol–water partition coefficient (Wildman–Crippen LogP) is 1.78. The van der Waals surface area contributed by atoms with Crippen molar-refractivity contribution >= 4 is 11.8 Å². The number of ether oxygens (including phenoxy) is 2. The Balaban J connectivity index is 1.57. The summed E-state index contributed by atoms with van der Waals surface area (Å²) in [5.41, 5.74) is 2.77. The monoisotopic (exact) mass is 331 g/mol. The van der Waals surface area contributed by atoms with Crippen molar-refractivity contribution < 1.29 is 9.47 Å². The number of hydrogen-bond donors (Lipinski definition) is 1. The Morgan fingerprint density at radius 3 is 3.17 bits per heavy atom. The third-order valence-corrected chi connectivity index (χ3v) is 4.77. The highest BCUT2D eigenvalue weighted by Gasteiger charge is 2.24. The number of hydrogen-bond acceptors (Lipinski definition) is 6. The number of thioether (sulfide) groups is 1. The molecule has 3 heterocycles. The van der Waals surface area contributed by atoms with Gasteiger partial charge < -0.3 is 14.5 Å². The number of aromatic amines is 1. The summed E-state index contributed by atoms with van der Waals surface area (Å²) in [7, 11) is 0. The van der Waals surface area contributed by atoms with E-state index in [1.807, 2.05) is 24.5 Å². The number of para-hydroxylation sites is 1. The zero-order chi connectivity index (χ0) is 15.8. The van der Waals surface area contributed by atoms with Crippen LogP contribution >= 0.6 is 11.8 Å². The Hall–Kier alpha value is -1.99. The van der Waals surface area contributed by atoms with Crippen LogP contribution in [0, 0.1) is 0 Å². The smallest absolute Gasteiger partial charge is 0.256 e. The van der Waals surface area contributed by atoms with E-state index in [-0.39, 0.29) is 12.4 Å². The van der Waals surface area contributed by atoms with Crippen molar-refractivity contribution in [1.29, 1.82) is 0 Å². The van der Waals surface area contributed by atoms with Gasteiger partial charge in [0, 0.05) is 31.6 Å². The molecule has 6 nitrogen and oxygen atoms in total. The Morgan fingerprint density at radius 1 is 1.39 bits per heavy atom. The fraction of sp³-hybridized carbons (Fsp3) is 0.375. The summed E-state index contributed by atoms with van der Waals surface area (Å²) in [6, 6.07) is 5.93. The van der Waals surface area contributed by atoms with Crippen LogP contribution in [-0.4, -0.2) is 34.5 Å². The first-order valence-electron chi connectivity index (χ1n) is 7.50. The van der Waals surface area contributed by atoms with Gasteiger partial charge in [-0.05, 0) is 12.3 Å². The van der Waals surface area contributed by atoms with Crippen molar-refractivity contribution in [2.24, 2.45) is 0 Å². The van der Waals surface area contributed by atoms with Crippen LogP contribution in [0.5, 0.6) is 11.5 Å². The van der Waals surface area contributed by atoms with Gasteiger partial charge in [0.25, 0.3) is 5.56 Å². The lowest BCUT2D eigenvalue weighted by molar-refractivity contribution is 0.171. The highest BCUT2D eigenvalue weighted by molar-refractivity contribution is 7.98. The molecule has 0 atom stereocenters. The van der Waals surface area contributed by atoms with Crippen molar-refractivity contribution in [3.05, 3.63) is 45.4 Å². The minimum Gasteiger partial charge on any atom is -0.454 e. The van der Waals surface area contributed by atoms with E-state index in [0.717, 1.165) is 47.8 Å². The molecule has 23 heavy (non-hydrogen) atoms. The predicted molar refractivity (Wildman–Crippen MR) is 87.0 cm³/mol. The van der Waals surface area contributed by atoms with E-state index in [1.54, 1.807) is 0 Å². The molecule has 1 N–H and O–H groups in total. The molecule has 2 aromatic rings. The van der Waals surface area contributed by atoms with Crippen molar-refractivity contribution in [1.82, 2.24) is 14.9 Å². The van der Waals surface area contributed by atoms with Gasteiger partial charge in [-0.15, -0.1) is 0 Å². The highest BCUT2D eigenvalue weighted by Crippen LogP contribution is 2.36.